The molecule has 4 heteroatoms. The van der Waals surface area contributed by atoms with Crippen LogP contribution in [0.3, 0.4) is 0 Å². The fourth-order valence-corrected chi connectivity index (χ4v) is 3.19. The minimum absolute atomic E-state index is 0.0642. The van der Waals surface area contributed by atoms with Crippen LogP contribution in [0.5, 0.6) is 0 Å². The maximum Gasteiger partial charge on any atom is 0.123 e. The zero-order valence-corrected chi connectivity index (χ0v) is 11.7. The van der Waals surface area contributed by atoms with Crippen LogP contribution < -0.4 is 17.0 Å². The van der Waals surface area contributed by atoms with E-state index in [1.807, 2.05) is 0 Å². The molecule has 5 N–H and O–H groups in total. The maximum absolute atomic E-state index is 13.4. The quantitative estimate of drug-likeness (QED) is 0.447. The minimum atomic E-state index is -0.262. The Bertz CT molecular complexity index is 435. The monoisotopic (exact) mass is 265 g/mol. The average molecular weight is 265 g/mol. The minimum Gasteiger partial charge on any atom is -0.398 e. The molecule has 1 aliphatic carbocycles. The van der Waals surface area contributed by atoms with Crippen LogP contribution in [0.2, 0.25) is 0 Å². The van der Waals surface area contributed by atoms with Gasteiger partial charge in [-0.3, -0.25) is 11.3 Å². The average Bonchev–Trinajstić information content (AvgIpc) is 2.38. The zero-order chi connectivity index (χ0) is 14.0. The van der Waals surface area contributed by atoms with Crippen LogP contribution in [0.1, 0.15) is 44.7 Å². The van der Waals surface area contributed by atoms with Gasteiger partial charge in [0.2, 0.25) is 0 Å². The van der Waals surface area contributed by atoms with Gasteiger partial charge in [0.15, 0.2) is 0 Å². The van der Waals surface area contributed by atoms with Crippen molar-refractivity contribution in [2.45, 2.75) is 39.2 Å². The number of hydrogen-bond acceptors (Lipinski definition) is 3. The molecule has 0 spiro atoms. The van der Waals surface area contributed by atoms with E-state index >= 15 is 0 Å². The van der Waals surface area contributed by atoms with Crippen molar-refractivity contribution >= 4 is 5.69 Å². The number of anilines is 1. The molecule has 1 fully saturated rings. The molecule has 2 rings (SSSR count). The van der Waals surface area contributed by atoms with Gasteiger partial charge in [-0.15, -0.1) is 0 Å². The molecule has 4 unspecified atom stereocenters. The second-order valence-corrected chi connectivity index (χ2v) is 5.95. The van der Waals surface area contributed by atoms with Crippen LogP contribution >= 0.6 is 0 Å². The molecular formula is C15H24FN3. The third kappa shape index (κ3) is 3.07. The summed E-state index contributed by atoms with van der Waals surface area (Å²) in [5.74, 6) is 7.28. The van der Waals surface area contributed by atoms with Crippen molar-refractivity contribution in [2.24, 2.45) is 23.6 Å². The predicted octanol–water partition coefficient (Wildman–Crippen LogP) is 2.98. The molecule has 0 aromatic heterocycles. The third-order valence-corrected chi connectivity index (χ3v) is 4.67. The van der Waals surface area contributed by atoms with E-state index in [1.165, 1.54) is 18.6 Å². The molecule has 0 saturated heterocycles. The second kappa shape index (κ2) is 5.88. The van der Waals surface area contributed by atoms with Gasteiger partial charge in [0.05, 0.1) is 6.04 Å². The van der Waals surface area contributed by atoms with E-state index < -0.39 is 0 Å². The number of nitrogens with one attached hydrogen (secondary N) is 1. The number of hydrazine groups is 1. The smallest absolute Gasteiger partial charge is 0.123 e. The molecule has 0 radical (unpaired) electrons. The third-order valence-electron chi connectivity index (χ3n) is 4.67. The van der Waals surface area contributed by atoms with Crippen LogP contribution in [-0.2, 0) is 0 Å². The van der Waals surface area contributed by atoms with Gasteiger partial charge in [0.25, 0.3) is 0 Å². The van der Waals surface area contributed by atoms with Crippen molar-refractivity contribution in [1.29, 1.82) is 0 Å². The van der Waals surface area contributed by atoms with Gasteiger partial charge < -0.3 is 5.73 Å². The van der Waals surface area contributed by atoms with Gasteiger partial charge in [-0.1, -0.05) is 20.3 Å². The standard InChI is InChI=1S/C15H24FN3/c1-9-3-4-11(7-10(9)2)15(19-18)13-8-12(16)5-6-14(13)17/h5-6,8-11,15,19H,3-4,7,17-18H2,1-2H3. The van der Waals surface area contributed by atoms with E-state index in [2.05, 4.69) is 19.3 Å². The predicted molar refractivity (Wildman–Crippen MR) is 76.5 cm³/mol. The highest BCUT2D eigenvalue weighted by atomic mass is 19.1. The van der Waals surface area contributed by atoms with Gasteiger partial charge in [0.1, 0.15) is 5.82 Å². The van der Waals surface area contributed by atoms with E-state index in [9.17, 15) is 4.39 Å². The van der Waals surface area contributed by atoms with Crippen LogP contribution in [-0.4, -0.2) is 0 Å². The number of nitrogen functional groups attached to an aromatic ring is 1. The molecule has 4 atom stereocenters. The molecule has 0 amide bonds. The number of rotatable bonds is 3. The second-order valence-electron chi connectivity index (χ2n) is 5.95. The Hall–Kier alpha value is -1.13. The van der Waals surface area contributed by atoms with E-state index in [-0.39, 0.29) is 11.9 Å². The fourth-order valence-electron chi connectivity index (χ4n) is 3.19. The highest BCUT2D eigenvalue weighted by molar-refractivity contribution is 5.48. The normalized spacial score (nSPS) is 29.2. The van der Waals surface area contributed by atoms with Gasteiger partial charge in [-0.25, -0.2) is 4.39 Å². The SMILES string of the molecule is CC1CCC(C(NN)c2cc(F)ccc2N)CC1C. The Kier molecular flexibility index (Phi) is 4.42. The first-order chi connectivity index (χ1) is 9.02. The zero-order valence-electron chi connectivity index (χ0n) is 11.7. The van der Waals surface area contributed by atoms with E-state index in [1.54, 1.807) is 6.07 Å². The summed E-state index contributed by atoms with van der Waals surface area (Å²) in [6.07, 6.45) is 3.40. The lowest BCUT2D eigenvalue weighted by atomic mass is 9.72. The van der Waals surface area contributed by atoms with Crippen LogP contribution in [0.4, 0.5) is 10.1 Å². The summed E-state index contributed by atoms with van der Waals surface area (Å²) in [5.41, 5.74) is 10.2. The Balaban J connectivity index is 2.22. The first kappa shape index (κ1) is 14.3. The maximum atomic E-state index is 13.4. The molecule has 0 heterocycles. The molecule has 0 aliphatic heterocycles. The van der Waals surface area contributed by atoms with Gasteiger partial charge in [0, 0.05) is 5.69 Å². The molecule has 1 aliphatic rings. The first-order valence-electron chi connectivity index (χ1n) is 7.04. The number of hydrogen-bond donors (Lipinski definition) is 3. The lowest BCUT2D eigenvalue weighted by molar-refractivity contribution is 0.171. The van der Waals surface area contributed by atoms with Gasteiger partial charge in [-0.05, 0) is 54.4 Å². The Morgan fingerprint density at radius 2 is 2.00 bits per heavy atom. The van der Waals surface area contributed by atoms with E-state index in [0.717, 1.165) is 24.3 Å². The molecular weight excluding hydrogens is 241 g/mol. The van der Waals surface area contributed by atoms with Crippen LogP contribution in [0.15, 0.2) is 18.2 Å². The van der Waals surface area contributed by atoms with Crippen molar-refractivity contribution < 1.29 is 4.39 Å². The van der Waals surface area contributed by atoms with Crippen molar-refractivity contribution in [2.75, 3.05) is 5.73 Å². The van der Waals surface area contributed by atoms with E-state index in [0.29, 0.717) is 17.5 Å². The summed E-state index contributed by atoms with van der Waals surface area (Å²) in [6.45, 7) is 4.57. The molecule has 106 valence electrons. The summed E-state index contributed by atoms with van der Waals surface area (Å²) in [4.78, 5) is 0. The van der Waals surface area contributed by atoms with Crippen molar-refractivity contribution in [3.63, 3.8) is 0 Å². The van der Waals surface area contributed by atoms with Crippen molar-refractivity contribution in [1.82, 2.24) is 5.43 Å². The molecule has 1 saturated carbocycles. The van der Waals surface area contributed by atoms with Gasteiger partial charge in [-0.2, -0.15) is 0 Å². The topological polar surface area (TPSA) is 64.1 Å². The summed E-state index contributed by atoms with van der Waals surface area (Å²) >= 11 is 0. The summed E-state index contributed by atoms with van der Waals surface area (Å²) in [5, 5.41) is 0. The fraction of sp³-hybridized carbons (Fsp3) is 0.600. The largest absolute Gasteiger partial charge is 0.398 e. The van der Waals surface area contributed by atoms with Gasteiger partial charge >= 0.3 is 0 Å². The highest BCUT2D eigenvalue weighted by Crippen LogP contribution is 2.40. The lowest BCUT2D eigenvalue weighted by Crippen LogP contribution is -2.37. The lowest BCUT2D eigenvalue weighted by Gasteiger charge is -2.37. The Labute approximate surface area is 114 Å². The van der Waals surface area contributed by atoms with Crippen LogP contribution in [0, 0.1) is 23.6 Å². The Morgan fingerprint density at radius 3 is 2.63 bits per heavy atom. The first-order valence-corrected chi connectivity index (χ1v) is 7.04. The highest BCUT2D eigenvalue weighted by Gasteiger charge is 2.31. The molecule has 1 aromatic rings. The molecule has 0 bridgehead atoms. The summed E-state index contributed by atoms with van der Waals surface area (Å²) in [7, 11) is 0. The van der Waals surface area contributed by atoms with Crippen LogP contribution in [0.25, 0.3) is 0 Å². The Morgan fingerprint density at radius 1 is 1.26 bits per heavy atom. The van der Waals surface area contributed by atoms with Crippen molar-refractivity contribution in [3.05, 3.63) is 29.6 Å². The number of benzene rings is 1. The molecule has 19 heavy (non-hydrogen) atoms. The van der Waals surface area contributed by atoms with Crippen molar-refractivity contribution in [3.8, 4) is 0 Å². The van der Waals surface area contributed by atoms with E-state index in [4.69, 9.17) is 11.6 Å². The summed E-state index contributed by atoms with van der Waals surface area (Å²) < 4.78 is 13.4. The molecule has 3 nitrogen and oxygen atoms in total. The number of halogens is 1. The molecule has 1 aromatic carbocycles. The summed E-state index contributed by atoms with van der Waals surface area (Å²) in [6, 6.07) is 4.44. The number of nitrogens with two attached hydrogens (primary N) is 2.